The van der Waals surface area contributed by atoms with Crippen molar-refractivity contribution in [2.24, 2.45) is 0 Å². The molecule has 0 saturated carbocycles. The van der Waals surface area contributed by atoms with Crippen molar-refractivity contribution in [3.05, 3.63) is 135 Å². The lowest BCUT2D eigenvalue weighted by Crippen LogP contribution is -2.25. The zero-order chi connectivity index (χ0) is 20.8. The normalized spacial score (nSPS) is 10.7. The Kier molecular flexibility index (Phi) is 6.31. The van der Waals surface area contributed by atoms with E-state index in [4.69, 9.17) is 16.3 Å². The van der Waals surface area contributed by atoms with Gasteiger partial charge in [-0.1, -0.05) is 84.4 Å². The van der Waals surface area contributed by atoms with Gasteiger partial charge in [-0.3, -0.25) is 4.79 Å². The van der Waals surface area contributed by atoms with Crippen LogP contribution in [0.4, 0.5) is 0 Å². The minimum absolute atomic E-state index is 0.0423. The molecule has 0 unspecified atom stereocenters. The van der Waals surface area contributed by atoms with Crippen molar-refractivity contribution in [3.8, 4) is 5.75 Å². The fourth-order valence-corrected chi connectivity index (χ4v) is 3.47. The second kappa shape index (κ2) is 9.47. The van der Waals surface area contributed by atoms with Crippen molar-refractivity contribution in [1.82, 2.24) is 4.57 Å². The molecule has 4 rings (SSSR count). The fraction of sp³-hybridized carbons (Fsp3) is 0.115. The first kappa shape index (κ1) is 20.0. The summed E-state index contributed by atoms with van der Waals surface area (Å²) >= 11 is 6.02. The first-order valence-corrected chi connectivity index (χ1v) is 10.2. The van der Waals surface area contributed by atoms with Crippen molar-refractivity contribution >= 4 is 11.6 Å². The van der Waals surface area contributed by atoms with E-state index in [9.17, 15) is 4.79 Å². The van der Waals surface area contributed by atoms with Gasteiger partial charge >= 0.3 is 0 Å². The summed E-state index contributed by atoms with van der Waals surface area (Å²) in [5.41, 5.74) is 3.75. The molecule has 0 radical (unpaired) electrons. The quantitative estimate of drug-likeness (QED) is 0.386. The average Bonchev–Trinajstić information content (AvgIpc) is 2.79. The van der Waals surface area contributed by atoms with Crippen molar-refractivity contribution in [2.75, 3.05) is 0 Å². The third kappa shape index (κ3) is 5.00. The first-order chi connectivity index (χ1) is 14.7. The van der Waals surface area contributed by atoms with Gasteiger partial charge in [0.2, 0.25) is 0 Å². The van der Waals surface area contributed by atoms with Crippen LogP contribution in [0.1, 0.15) is 22.3 Å². The highest BCUT2D eigenvalue weighted by Gasteiger charge is 2.13. The molecular weight excluding hydrogens is 394 g/mol. The lowest BCUT2D eigenvalue weighted by Gasteiger charge is -2.15. The van der Waals surface area contributed by atoms with Gasteiger partial charge in [0.05, 0.1) is 12.1 Å². The molecule has 4 heteroatoms. The van der Waals surface area contributed by atoms with Crippen LogP contribution in [-0.4, -0.2) is 4.57 Å². The van der Waals surface area contributed by atoms with Gasteiger partial charge in [-0.05, 0) is 34.9 Å². The van der Waals surface area contributed by atoms with E-state index >= 15 is 0 Å². The van der Waals surface area contributed by atoms with E-state index in [0.29, 0.717) is 35.9 Å². The van der Waals surface area contributed by atoms with Crippen molar-refractivity contribution in [3.63, 3.8) is 0 Å². The fourth-order valence-electron chi connectivity index (χ4n) is 3.35. The van der Waals surface area contributed by atoms with Gasteiger partial charge in [0.15, 0.2) is 0 Å². The third-order valence-corrected chi connectivity index (χ3v) is 5.20. The second-order valence-electron chi connectivity index (χ2n) is 7.15. The van der Waals surface area contributed by atoms with Gasteiger partial charge in [-0.25, -0.2) is 0 Å². The zero-order valence-electron chi connectivity index (χ0n) is 16.5. The number of nitrogens with zero attached hydrogens (tertiary/aromatic N) is 1. The van der Waals surface area contributed by atoms with Crippen LogP contribution in [0.15, 0.2) is 102 Å². The molecule has 0 aliphatic heterocycles. The summed E-state index contributed by atoms with van der Waals surface area (Å²) in [5, 5.41) is 0.675. The highest BCUT2D eigenvalue weighted by atomic mass is 35.5. The minimum atomic E-state index is -0.0423. The maximum absolute atomic E-state index is 13.3. The smallest absolute Gasteiger partial charge is 0.258 e. The highest BCUT2D eigenvalue weighted by molar-refractivity contribution is 6.30. The molecule has 1 heterocycles. The van der Waals surface area contributed by atoms with Crippen LogP contribution in [0.3, 0.4) is 0 Å². The monoisotopic (exact) mass is 415 g/mol. The molecule has 1 aromatic heterocycles. The van der Waals surface area contributed by atoms with Crippen LogP contribution >= 0.6 is 11.6 Å². The lowest BCUT2D eigenvalue weighted by molar-refractivity contribution is 0.302. The summed E-state index contributed by atoms with van der Waals surface area (Å²) in [7, 11) is 0. The molecule has 0 N–H and O–H groups in total. The van der Waals surface area contributed by atoms with Crippen LogP contribution in [0.25, 0.3) is 0 Å². The van der Waals surface area contributed by atoms with E-state index < -0.39 is 0 Å². The first-order valence-electron chi connectivity index (χ1n) is 9.86. The van der Waals surface area contributed by atoms with Crippen LogP contribution in [0, 0.1) is 0 Å². The molecule has 0 bridgehead atoms. The van der Waals surface area contributed by atoms with Crippen molar-refractivity contribution in [2.45, 2.75) is 19.6 Å². The van der Waals surface area contributed by atoms with E-state index in [1.807, 2.05) is 91.0 Å². The molecule has 0 saturated heterocycles. The Labute approximate surface area is 181 Å². The molecular formula is C26H22ClNO2. The number of halogens is 1. The number of benzene rings is 3. The standard InChI is InChI=1S/C26H22ClNO2/c27-23-13-11-20(12-14-23)17-24-25(30-19-22-9-5-2-6-10-22)15-16-28(26(24)29)18-21-7-3-1-4-8-21/h1-16H,17-19H2. The second-order valence-corrected chi connectivity index (χ2v) is 7.59. The Balaban J connectivity index is 1.66. The molecule has 3 aromatic carbocycles. The predicted octanol–water partition coefficient (Wildman–Crippen LogP) is 5.72. The Morgan fingerprint density at radius 2 is 1.37 bits per heavy atom. The Bertz CT molecular complexity index is 1150. The van der Waals surface area contributed by atoms with E-state index in [1.54, 1.807) is 10.8 Å². The van der Waals surface area contributed by atoms with Crippen LogP contribution in [0.5, 0.6) is 5.75 Å². The largest absolute Gasteiger partial charge is 0.488 e. The topological polar surface area (TPSA) is 31.2 Å². The molecule has 0 atom stereocenters. The van der Waals surface area contributed by atoms with Crippen LogP contribution in [-0.2, 0) is 19.6 Å². The summed E-state index contributed by atoms with van der Waals surface area (Å²) in [6.07, 6.45) is 2.29. The van der Waals surface area contributed by atoms with Gasteiger partial charge in [0, 0.05) is 17.6 Å². The molecule has 0 aliphatic rings. The third-order valence-electron chi connectivity index (χ3n) is 4.95. The van der Waals surface area contributed by atoms with Gasteiger partial charge < -0.3 is 9.30 Å². The van der Waals surface area contributed by atoms with Gasteiger partial charge in [-0.15, -0.1) is 0 Å². The molecule has 0 spiro atoms. The summed E-state index contributed by atoms with van der Waals surface area (Å²) in [6, 6.07) is 29.4. The average molecular weight is 416 g/mol. The summed E-state index contributed by atoms with van der Waals surface area (Å²) in [6.45, 7) is 0.933. The number of rotatable bonds is 7. The number of hydrogen-bond donors (Lipinski definition) is 0. The molecule has 0 fully saturated rings. The zero-order valence-corrected chi connectivity index (χ0v) is 17.3. The molecule has 150 valence electrons. The van der Waals surface area contributed by atoms with E-state index in [1.165, 1.54) is 0 Å². The molecule has 4 aromatic rings. The number of aromatic nitrogens is 1. The van der Waals surface area contributed by atoms with E-state index in [2.05, 4.69) is 0 Å². The van der Waals surface area contributed by atoms with Crippen LogP contribution < -0.4 is 10.3 Å². The Hall–Kier alpha value is -3.30. The van der Waals surface area contributed by atoms with Crippen molar-refractivity contribution < 1.29 is 4.74 Å². The Morgan fingerprint density at radius 3 is 2.03 bits per heavy atom. The predicted molar refractivity (Wildman–Crippen MR) is 121 cm³/mol. The van der Waals surface area contributed by atoms with Gasteiger partial charge in [-0.2, -0.15) is 0 Å². The molecule has 0 amide bonds. The molecule has 3 nitrogen and oxygen atoms in total. The SMILES string of the molecule is O=c1c(Cc2ccc(Cl)cc2)c(OCc2ccccc2)ccn1Cc1ccccc1. The Morgan fingerprint density at radius 1 is 0.733 bits per heavy atom. The highest BCUT2D eigenvalue weighted by Crippen LogP contribution is 2.21. The molecule has 0 aliphatic carbocycles. The number of ether oxygens (including phenoxy) is 1. The summed E-state index contributed by atoms with van der Waals surface area (Å²) < 4.78 is 7.80. The van der Waals surface area contributed by atoms with Gasteiger partial charge in [0.25, 0.3) is 5.56 Å². The lowest BCUT2D eigenvalue weighted by atomic mass is 10.1. The minimum Gasteiger partial charge on any atom is -0.488 e. The number of hydrogen-bond acceptors (Lipinski definition) is 2. The summed E-state index contributed by atoms with van der Waals surface area (Å²) in [4.78, 5) is 13.3. The van der Waals surface area contributed by atoms with Crippen molar-refractivity contribution in [1.29, 1.82) is 0 Å². The van der Waals surface area contributed by atoms with Gasteiger partial charge in [0.1, 0.15) is 12.4 Å². The summed E-state index contributed by atoms with van der Waals surface area (Å²) in [5.74, 6) is 0.614. The maximum atomic E-state index is 13.3. The van der Waals surface area contributed by atoms with Crippen LogP contribution in [0.2, 0.25) is 5.02 Å². The maximum Gasteiger partial charge on any atom is 0.258 e. The molecule has 30 heavy (non-hydrogen) atoms. The van der Waals surface area contributed by atoms with E-state index in [0.717, 1.165) is 16.7 Å². The number of pyridine rings is 1. The van der Waals surface area contributed by atoms with E-state index in [-0.39, 0.29) is 5.56 Å².